The number of nitrogens with zero attached hydrogens (tertiary/aromatic N) is 1. The second kappa shape index (κ2) is 6.37. The lowest BCUT2D eigenvalue weighted by Gasteiger charge is -2.35. The van der Waals surface area contributed by atoms with Crippen LogP contribution in [0.5, 0.6) is 0 Å². The highest BCUT2D eigenvalue weighted by Crippen LogP contribution is 2.35. The Labute approximate surface area is 146 Å². The fourth-order valence-electron chi connectivity index (χ4n) is 2.68. The predicted octanol–water partition coefficient (Wildman–Crippen LogP) is 2.75. The van der Waals surface area contributed by atoms with Crippen LogP contribution in [0.1, 0.15) is 13.3 Å². The summed E-state index contributed by atoms with van der Waals surface area (Å²) >= 11 is 11.7. The van der Waals surface area contributed by atoms with Gasteiger partial charge in [-0.05, 0) is 31.5 Å². The first kappa shape index (κ1) is 18.7. The molecule has 0 saturated carbocycles. The van der Waals surface area contributed by atoms with Crippen molar-refractivity contribution < 1.29 is 16.8 Å². The minimum atomic E-state index is -3.94. The molecule has 23 heavy (non-hydrogen) atoms. The summed E-state index contributed by atoms with van der Waals surface area (Å²) in [6, 6.07) is 4.02. The highest BCUT2D eigenvalue weighted by atomic mass is 35.5. The van der Waals surface area contributed by atoms with E-state index in [-0.39, 0.29) is 39.4 Å². The van der Waals surface area contributed by atoms with Crippen LogP contribution in [-0.2, 0) is 19.9 Å². The molecule has 1 fully saturated rings. The Hall–Kier alpha value is -0.600. The van der Waals surface area contributed by atoms with Crippen LogP contribution in [0.3, 0.4) is 0 Å². The summed E-state index contributed by atoms with van der Waals surface area (Å²) in [6.07, 6.45) is 1.68. The van der Waals surface area contributed by atoms with Crippen LogP contribution in [0.2, 0.25) is 10.0 Å². The van der Waals surface area contributed by atoms with E-state index in [1.165, 1.54) is 28.6 Å². The minimum Gasteiger partial charge on any atom is -0.229 e. The number of hydrogen-bond acceptors (Lipinski definition) is 4. The molecule has 0 aliphatic carbocycles. The van der Waals surface area contributed by atoms with Crippen molar-refractivity contribution in [3.63, 3.8) is 0 Å². The zero-order valence-electron chi connectivity index (χ0n) is 12.5. The molecule has 0 bridgehead atoms. The van der Waals surface area contributed by atoms with Crippen molar-refractivity contribution in [1.29, 1.82) is 0 Å². The Morgan fingerprint density at radius 1 is 1.35 bits per heavy atom. The molecular weight excluding hydrogens is 381 g/mol. The van der Waals surface area contributed by atoms with Gasteiger partial charge in [0.25, 0.3) is 0 Å². The number of halogens is 2. The van der Waals surface area contributed by atoms with Crippen LogP contribution >= 0.6 is 23.2 Å². The molecule has 1 aliphatic rings. The molecule has 0 unspecified atom stereocenters. The van der Waals surface area contributed by atoms with Crippen LogP contribution in [-0.4, -0.2) is 44.7 Å². The standard InChI is InChI=1S/C14H17Cl2NO4S2/c1-3-7-17(14(2)6-8-22(18,19)10-14)23(20,21)11-4-5-12(15)13(16)9-11/h3-5,9H,1,6-8,10H2,2H3/t14-/m1/s1. The smallest absolute Gasteiger partial charge is 0.229 e. The first-order valence-electron chi connectivity index (χ1n) is 6.81. The van der Waals surface area contributed by atoms with Crippen molar-refractivity contribution in [2.45, 2.75) is 23.8 Å². The maximum Gasteiger partial charge on any atom is 0.243 e. The van der Waals surface area contributed by atoms with Crippen LogP contribution < -0.4 is 0 Å². The van der Waals surface area contributed by atoms with Crippen LogP contribution in [0.4, 0.5) is 0 Å². The van der Waals surface area contributed by atoms with Gasteiger partial charge in [0, 0.05) is 12.1 Å². The van der Waals surface area contributed by atoms with Gasteiger partial charge < -0.3 is 0 Å². The van der Waals surface area contributed by atoms with Gasteiger partial charge >= 0.3 is 0 Å². The summed E-state index contributed by atoms with van der Waals surface area (Å²) in [6.45, 7) is 5.22. The molecule has 9 heteroatoms. The molecule has 0 spiro atoms. The van der Waals surface area contributed by atoms with Gasteiger partial charge in [0.15, 0.2) is 9.84 Å². The number of rotatable bonds is 5. The van der Waals surface area contributed by atoms with Gasteiger partial charge in [-0.1, -0.05) is 29.3 Å². The Bertz CT molecular complexity index is 836. The van der Waals surface area contributed by atoms with E-state index >= 15 is 0 Å². The Morgan fingerprint density at radius 2 is 2.00 bits per heavy atom. The molecule has 1 heterocycles. The monoisotopic (exact) mass is 397 g/mol. The molecule has 0 aromatic heterocycles. The Morgan fingerprint density at radius 3 is 2.48 bits per heavy atom. The lowest BCUT2D eigenvalue weighted by Crippen LogP contribution is -2.50. The number of sulfonamides is 1. The number of benzene rings is 1. The largest absolute Gasteiger partial charge is 0.243 e. The van der Waals surface area contributed by atoms with Crippen molar-refractivity contribution in [3.05, 3.63) is 40.9 Å². The topological polar surface area (TPSA) is 71.5 Å². The van der Waals surface area contributed by atoms with E-state index in [0.717, 1.165) is 0 Å². The molecule has 128 valence electrons. The van der Waals surface area contributed by atoms with E-state index in [1.54, 1.807) is 6.92 Å². The molecule has 1 aliphatic heterocycles. The second-order valence-corrected chi connectivity index (χ2v) is 10.6. The van der Waals surface area contributed by atoms with Crippen LogP contribution in [0.25, 0.3) is 0 Å². The molecule has 2 rings (SSSR count). The molecule has 0 amide bonds. The van der Waals surface area contributed by atoms with Crippen molar-refractivity contribution >= 4 is 43.1 Å². The van der Waals surface area contributed by atoms with Gasteiger partial charge in [-0.15, -0.1) is 6.58 Å². The number of hydrogen-bond donors (Lipinski definition) is 0. The molecule has 5 nitrogen and oxygen atoms in total. The van der Waals surface area contributed by atoms with Gasteiger partial charge in [0.2, 0.25) is 10.0 Å². The summed E-state index contributed by atoms with van der Waals surface area (Å²) < 4.78 is 50.8. The second-order valence-electron chi connectivity index (χ2n) is 5.74. The average Bonchev–Trinajstić information content (AvgIpc) is 2.73. The maximum atomic E-state index is 13.0. The summed E-state index contributed by atoms with van der Waals surface area (Å²) in [5.41, 5.74) is -1.02. The van der Waals surface area contributed by atoms with Crippen LogP contribution in [0.15, 0.2) is 35.7 Å². The molecule has 0 N–H and O–H groups in total. The molecule has 1 aromatic rings. The molecule has 1 atom stereocenters. The van der Waals surface area contributed by atoms with E-state index in [9.17, 15) is 16.8 Å². The number of sulfone groups is 1. The van der Waals surface area contributed by atoms with E-state index in [4.69, 9.17) is 23.2 Å². The SMILES string of the molecule is C=CCN([C@]1(C)CCS(=O)(=O)C1)S(=O)(=O)c1ccc(Cl)c(Cl)c1. The van der Waals surface area contributed by atoms with E-state index in [0.29, 0.717) is 0 Å². The first-order valence-corrected chi connectivity index (χ1v) is 10.8. The zero-order chi connectivity index (χ0) is 17.5. The maximum absolute atomic E-state index is 13.0. The summed E-state index contributed by atoms with van der Waals surface area (Å²) in [5.74, 6) is -0.248. The predicted molar refractivity (Wildman–Crippen MR) is 92.2 cm³/mol. The normalized spacial score (nSPS) is 24.0. The van der Waals surface area contributed by atoms with E-state index in [1.807, 2.05) is 0 Å². The molecular formula is C14H17Cl2NO4S2. The molecule has 0 radical (unpaired) electrons. The third-order valence-corrected chi connectivity index (χ3v) is 8.51. The van der Waals surface area contributed by atoms with Gasteiger partial charge in [-0.2, -0.15) is 4.31 Å². The first-order chi connectivity index (χ1) is 10.5. The van der Waals surface area contributed by atoms with Crippen molar-refractivity contribution in [2.75, 3.05) is 18.1 Å². The van der Waals surface area contributed by atoms with E-state index < -0.39 is 25.4 Å². The van der Waals surface area contributed by atoms with Crippen molar-refractivity contribution in [1.82, 2.24) is 4.31 Å². The van der Waals surface area contributed by atoms with Crippen molar-refractivity contribution in [3.8, 4) is 0 Å². The highest BCUT2D eigenvalue weighted by Gasteiger charge is 2.47. The lowest BCUT2D eigenvalue weighted by molar-refractivity contribution is 0.252. The van der Waals surface area contributed by atoms with Gasteiger partial charge in [-0.3, -0.25) is 0 Å². The lowest BCUT2D eigenvalue weighted by atomic mass is 10.0. The van der Waals surface area contributed by atoms with Gasteiger partial charge in [0.05, 0.1) is 26.4 Å². The van der Waals surface area contributed by atoms with Crippen LogP contribution in [0, 0.1) is 0 Å². The Balaban J connectivity index is 2.52. The third kappa shape index (κ3) is 3.74. The van der Waals surface area contributed by atoms with Crippen molar-refractivity contribution in [2.24, 2.45) is 0 Å². The third-order valence-electron chi connectivity index (χ3n) is 3.86. The zero-order valence-corrected chi connectivity index (χ0v) is 15.6. The summed E-state index contributed by atoms with van der Waals surface area (Å²) in [4.78, 5) is -0.0285. The fourth-order valence-corrected chi connectivity index (χ4v) is 7.07. The quantitative estimate of drug-likeness (QED) is 0.715. The average molecular weight is 398 g/mol. The summed E-state index contributed by atoms with van der Waals surface area (Å²) in [5, 5.41) is 0.367. The van der Waals surface area contributed by atoms with E-state index in [2.05, 4.69) is 6.58 Å². The summed E-state index contributed by atoms with van der Waals surface area (Å²) in [7, 11) is -7.20. The highest BCUT2D eigenvalue weighted by molar-refractivity contribution is 7.92. The Kier molecular flexibility index (Phi) is 5.19. The molecule has 1 aromatic carbocycles. The minimum absolute atomic E-state index is 0.00853. The fraction of sp³-hybridized carbons (Fsp3) is 0.429. The molecule has 1 saturated heterocycles. The van der Waals surface area contributed by atoms with Gasteiger partial charge in [0.1, 0.15) is 0 Å². The van der Waals surface area contributed by atoms with Gasteiger partial charge in [-0.25, -0.2) is 16.8 Å².